The van der Waals surface area contributed by atoms with Crippen molar-refractivity contribution < 1.29 is 24.5 Å². The Bertz CT molecular complexity index is 1330. The SMILES string of the molecule is CCOc1cc(/C(O)=C2/C(=O)C(=O)N(c3cc(C)ccc3O)C2c2cccc(C)c2)ccc1Cl. The number of hydrogen-bond acceptors (Lipinski definition) is 5. The third-order valence-corrected chi connectivity index (χ3v) is 6.01. The maximum Gasteiger partial charge on any atom is 0.300 e. The van der Waals surface area contributed by atoms with Crippen LogP contribution in [-0.4, -0.2) is 28.5 Å². The van der Waals surface area contributed by atoms with Gasteiger partial charge < -0.3 is 14.9 Å². The smallest absolute Gasteiger partial charge is 0.300 e. The monoisotopic (exact) mass is 477 g/mol. The number of phenolic OH excluding ortho intramolecular Hbond substituents is 1. The summed E-state index contributed by atoms with van der Waals surface area (Å²) in [5, 5.41) is 22.2. The average molecular weight is 478 g/mol. The molecule has 174 valence electrons. The Balaban J connectivity index is 1.97. The van der Waals surface area contributed by atoms with Gasteiger partial charge >= 0.3 is 0 Å². The van der Waals surface area contributed by atoms with Gasteiger partial charge in [-0.05, 0) is 62.2 Å². The number of ketones is 1. The standard InChI is InChI=1S/C27H24ClNO5/c1-4-34-22-14-18(9-10-19(22)28)25(31)23-24(17-7-5-6-15(2)12-17)29(27(33)26(23)32)20-13-16(3)8-11-21(20)30/h5-14,24,30-31H,4H2,1-3H3/b25-23-. The number of aliphatic hydroxyl groups is 1. The Morgan fingerprint density at radius 2 is 1.76 bits per heavy atom. The molecule has 0 aromatic heterocycles. The van der Waals surface area contributed by atoms with E-state index in [9.17, 15) is 19.8 Å². The molecule has 1 heterocycles. The number of phenols is 1. The van der Waals surface area contributed by atoms with Crippen LogP contribution in [0.4, 0.5) is 5.69 Å². The van der Waals surface area contributed by atoms with Gasteiger partial charge in [0.05, 0.1) is 28.9 Å². The first kappa shape index (κ1) is 23.4. The first-order chi connectivity index (χ1) is 16.2. The van der Waals surface area contributed by atoms with E-state index in [4.69, 9.17) is 16.3 Å². The van der Waals surface area contributed by atoms with Gasteiger partial charge in [-0.3, -0.25) is 14.5 Å². The second-order valence-corrected chi connectivity index (χ2v) is 8.56. The molecule has 34 heavy (non-hydrogen) atoms. The van der Waals surface area contributed by atoms with Gasteiger partial charge in [-0.2, -0.15) is 0 Å². The summed E-state index contributed by atoms with van der Waals surface area (Å²) in [5.74, 6) is -1.83. The molecule has 1 saturated heterocycles. The van der Waals surface area contributed by atoms with Gasteiger partial charge in [0.15, 0.2) is 0 Å². The predicted octanol–water partition coefficient (Wildman–Crippen LogP) is 5.69. The van der Waals surface area contributed by atoms with Crippen molar-refractivity contribution in [2.45, 2.75) is 26.8 Å². The van der Waals surface area contributed by atoms with Gasteiger partial charge in [0.25, 0.3) is 11.7 Å². The predicted molar refractivity (Wildman–Crippen MR) is 131 cm³/mol. The van der Waals surface area contributed by atoms with Crippen LogP contribution in [0.15, 0.2) is 66.2 Å². The highest BCUT2D eigenvalue weighted by atomic mass is 35.5. The van der Waals surface area contributed by atoms with Crippen molar-refractivity contribution in [2.75, 3.05) is 11.5 Å². The van der Waals surface area contributed by atoms with Crippen LogP contribution in [0.3, 0.4) is 0 Å². The minimum absolute atomic E-state index is 0.0822. The third-order valence-electron chi connectivity index (χ3n) is 5.70. The second kappa shape index (κ2) is 9.23. The highest BCUT2D eigenvalue weighted by Crippen LogP contribution is 2.45. The molecule has 0 radical (unpaired) electrons. The molecule has 1 aliphatic heterocycles. The molecule has 6 nitrogen and oxygen atoms in total. The number of amides is 1. The van der Waals surface area contributed by atoms with E-state index in [2.05, 4.69) is 0 Å². The van der Waals surface area contributed by atoms with Crippen LogP contribution in [0, 0.1) is 13.8 Å². The number of halogens is 1. The molecule has 0 saturated carbocycles. The zero-order chi connectivity index (χ0) is 24.6. The average Bonchev–Trinajstić information content (AvgIpc) is 3.07. The van der Waals surface area contributed by atoms with E-state index in [0.717, 1.165) is 11.1 Å². The number of anilines is 1. The van der Waals surface area contributed by atoms with E-state index >= 15 is 0 Å². The molecule has 0 aliphatic carbocycles. The van der Waals surface area contributed by atoms with Gasteiger partial charge in [0, 0.05) is 5.56 Å². The first-order valence-corrected chi connectivity index (χ1v) is 11.2. The number of nitrogens with zero attached hydrogens (tertiary/aromatic N) is 1. The third kappa shape index (κ3) is 4.13. The molecule has 1 atom stereocenters. The largest absolute Gasteiger partial charge is 0.507 e. The number of carbonyl (C=O) groups is 2. The van der Waals surface area contributed by atoms with Crippen LogP contribution in [0.2, 0.25) is 5.02 Å². The normalized spacial score (nSPS) is 17.3. The highest BCUT2D eigenvalue weighted by molar-refractivity contribution is 6.52. The Morgan fingerprint density at radius 3 is 2.47 bits per heavy atom. The number of Topliss-reactive ketones (excluding diaryl/α,β-unsaturated/α-hetero) is 1. The summed E-state index contributed by atoms with van der Waals surface area (Å²) in [4.78, 5) is 27.8. The lowest BCUT2D eigenvalue weighted by molar-refractivity contribution is -0.132. The second-order valence-electron chi connectivity index (χ2n) is 8.15. The lowest BCUT2D eigenvalue weighted by Crippen LogP contribution is -2.29. The van der Waals surface area contributed by atoms with Crippen molar-refractivity contribution in [3.8, 4) is 11.5 Å². The van der Waals surface area contributed by atoms with Crippen LogP contribution in [0.25, 0.3) is 5.76 Å². The topological polar surface area (TPSA) is 87.1 Å². The van der Waals surface area contributed by atoms with Gasteiger partial charge in [0.2, 0.25) is 0 Å². The van der Waals surface area contributed by atoms with Gasteiger partial charge in [-0.1, -0.05) is 47.5 Å². The van der Waals surface area contributed by atoms with Crippen molar-refractivity contribution in [1.29, 1.82) is 0 Å². The zero-order valence-corrected chi connectivity index (χ0v) is 19.8. The number of rotatable bonds is 5. The van der Waals surface area contributed by atoms with E-state index in [1.165, 1.54) is 17.0 Å². The maximum atomic E-state index is 13.3. The number of carbonyl (C=O) groups excluding carboxylic acids is 2. The Kier molecular flexibility index (Phi) is 6.35. The molecular weight excluding hydrogens is 454 g/mol. The molecular formula is C27H24ClNO5. The first-order valence-electron chi connectivity index (χ1n) is 10.8. The summed E-state index contributed by atoms with van der Waals surface area (Å²) in [7, 11) is 0. The number of aromatic hydroxyl groups is 1. The summed E-state index contributed by atoms with van der Waals surface area (Å²) in [6.07, 6.45) is 0. The fourth-order valence-corrected chi connectivity index (χ4v) is 4.31. The van der Waals surface area contributed by atoms with Crippen molar-refractivity contribution in [3.05, 3.63) is 93.5 Å². The minimum Gasteiger partial charge on any atom is -0.507 e. The van der Waals surface area contributed by atoms with Crippen molar-refractivity contribution in [2.24, 2.45) is 0 Å². The van der Waals surface area contributed by atoms with E-state index in [-0.39, 0.29) is 28.3 Å². The maximum absolute atomic E-state index is 13.3. The number of hydrogen-bond donors (Lipinski definition) is 2. The number of aryl methyl sites for hydroxylation is 2. The summed E-state index contributed by atoms with van der Waals surface area (Å²) in [6, 6.07) is 15.9. The molecule has 7 heteroatoms. The van der Waals surface area contributed by atoms with Crippen LogP contribution in [0.5, 0.6) is 11.5 Å². The lowest BCUT2D eigenvalue weighted by atomic mass is 9.94. The quantitative estimate of drug-likeness (QED) is 0.280. The minimum atomic E-state index is -0.946. The molecule has 0 bridgehead atoms. The van der Waals surface area contributed by atoms with Gasteiger partial charge in [-0.15, -0.1) is 0 Å². The number of ether oxygens (including phenoxy) is 1. The summed E-state index contributed by atoms with van der Waals surface area (Å²) in [6.45, 7) is 5.89. The summed E-state index contributed by atoms with van der Waals surface area (Å²) >= 11 is 6.19. The molecule has 1 amide bonds. The van der Waals surface area contributed by atoms with Crippen LogP contribution in [0.1, 0.15) is 35.2 Å². The van der Waals surface area contributed by atoms with E-state index in [0.29, 0.717) is 22.9 Å². The molecule has 4 rings (SSSR count). The molecule has 2 N–H and O–H groups in total. The Morgan fingerprint density at radius 1 is 1.03 bits per heavy atom. The molecule has 1 unspecified atom stereocenters. The van der Waals surface area contributed by atoms with Gasteiger partial charge in [0.1, 0.15) is 17.3 Å². The van der Waals surface area contributed by atoms with E-state index in [1.54, 1.807) is 37.3 Å². The zero-order valence-electron chi connectivity index (χ0n) is 19.0. The Labute approximate surface area is 202 Å². The van der Waals surface area contributed by atoms with Crippen molar-refractivity contribution >= 4 is 34.7 Å². The van der Waals surface area contributed by atoms with E-state index in [1.807, 2.05) is 32.0 Å². The molecule has 3 aromatic carbocycles. The van der Waals surface area contributed by atoms with E-state index < -0.39 is 17.7 Å². The Hall–Kier alpha value is -3.77. The van der Waals surface area contributed by atoms with Crippen molar-refractivity contribution in [3.63, 3.8) is 0 Å². The molecule has 1 fully saturated rings. The molecule has 1 aliphatic rings. The number of benzene rings is 3. The number of aliphatic hydroxyl groups excluding tert-OH is 1. The fourth-order valence-electron chi connectivity index (χ4n) is 4.14. The van der Waals surface area contributed by atoms with Gasteiger partial charge in [-0.25, -0.2) is 0 Å². The van der Waals surface area contributed by atoms with Crippen LogP contribution in [-0.2, 0) is 9.59 Å². The van der Waals surface area contributed by atoms with Crippen molar-refractivity contribution in [1.82, 2.24) is 0 Å². The fraction of sp³-hybridized carbons (Fsp3) is 0.185. The highest BCUT2D eigenvalue weighted by Gasteiger charge is 2.47. The molecule has 3 aromatic rings. The lowest BCUT2D eigenvalue weighted by Gasteiger charge is -2.26. The summed E-state index contributed by atoms with van der Waals surface area (Å²) in [5.41, 5.74) is 2.75. The van der Waals surface area contributed by atoms with Crippen LogP contribution >= 0.6 is 11.6 Å². The summed E-state index contributed by atoms with van der Waals surface area (Å²) < 4.78 is 5.52. The van der Waals surface area contributed by atoms with Crippen LogP contribution < -0.4 is 9.64 Å². The molecule has 0 spiro atoms.